The van der Waals surface area contributed by atoms with Crippen LogP contribution in [0.2, 0.25) is 0 Å². The van der Waals surface area contributed by atoms with Crippen LogP contribution in [-0.2, 0) is 0 Å². The second-order valence-corrected chi connectivity index (χ2v) is 8.09. The molecule has 5 nitrogen and oxygen atoms in total. The first kappa shape index (κ1) is 24.1. The largest absolute Gasteiger partial charge is 0.494 e. The maximum Gasteiger partial charge on any atom is 0.255 e. The molecule has 3 rings (SSSR count). The molecule has 0 atom stereocenters. The van der Waals surface area contributed by atoms with Crippen LogP contribution in [0.1, 0.15) is 65.3 Å². The molecular formula is C28H32N2O3. The lowest BCUT2D eigenvalue weighted by atomic mass is 10.1. The molecule has 0 saturated heterocycles. The molecule has 2 amide bonds. The SMILES string of the molecule is CCCCCCCOc1ccc(C(=O)Nc2ccc(C)c(NC(=O)c3ccccc3)c2)cc1. The van der Waals surface area contributed by atoms with Crippen molar-refractivity contribution in [3.05, 3.63) is 89.5 Å². The number of aryl methyl sites for hydroxylation is 1. The summed E-state index contributed by atoms with van der Waals surface area (Å²) >= 11 is 0. The summed E-state index contributed by atoms with van der Waals surface area (Å²) in [7, 11) is 0. The van der Waals surface area contributed by atoms with Gasteiger partial charge in [-0.15, -0.1) is 0 Å². The number of carbonyl (C=O) groups excluding carboxylic acids is 2. The fourth-order valence-corrected chi connectivity index (χ4v) is 3.42. The third kappa shape index (κ3) is 7.49. The maximum atomic E-state index is 12.7. The lowest BCUT2D eigenvalue weighted by molar-refractivity contribution is 0.101. The Hall–Kier alpha value is -3.60. The Kier molecular flexibility index (Phi) is 9.07. The minimum atomic E-state index is -0.217. The topological polar surface area (TPSA) is 67.4 Å². The molecule has 0 fully saturated rings. The van der Waals surface area contributed by atoms with E-state index in [9.17, 15) is 9.59 Å². The van der Waals surface area contributed by atoms with E-state index in [0.717, 1.165) is 17.7 Å². The van der Waals surface area contributed by atoms with Gasteiger partial charge in [0, 0.05) is 22.5 Å². The third-order valence-corrected chi connectivity index (χ3v) is 5.41. The van der Waals surface area contributed by atoms with E-state index in [4.69, 9.17) is 4.74 Å². The van der Waals surface area contributed by atoms with Crippen LogP contribution in [-0.4, -0.2) is 18.4 Å². The number of unbranched alkanes of at least 4 members (excludes halogenated alkanes) is 4. The average Bonchev–Trinajstić information content (AvgIpc) is 2.84. The molecule has 33 heavy (non-hydrogen) atoms. The standard InChI is InChI=1S/C28H32N2O3/c1-3-4-5-6-10-19-33-25-17-14-23(15-18-25)27(31)29-24-16-13-21(2)26(20-24)30-28(32)22-11-8-7-9-12-22/h7-9,11-18,20H,3-6,10,19H2,1-2H3,(H,29,31)(H,30,32). The van der Waals surface area contributed by atoms with E-state index in [2.05, 4.69) is 17.6 Å². The Labute approximate surface area is 196 Å². The second-order valence-electron chi connectivity index (χ2n) is 8.09. The molecule has 0 saturated carbocycles. The molecule has 0 aliphatic rings. The summed E-state index contributed by atoms with van der Waals surface area (Å²) in [6.45, 7) is 4.81. The highest BCUT2D eigenvalue weighted by Crippen LogP contribution is 2.22. The molecule has 0 heterocycles. The van der Waals surface area contributed by atoms with Crippen molar-refractivity contribution in [1.82, 2.24) is 0 Å². The van der Waals surface area contributed by atoms with E-state index in [1.54, 1.807) is 30.3 Å². The van der Waals surface area contributed by atoms with Crippen LogP contribution in [0.5, 0.6) is 5.75 Å². The van der Waals surface area contributed by atoms with Crippen molar-refractivity contribution in [3.8, 4) is 5.75 Å². The number of hydrogen-bond acceptors (Lipinski definition) is 3. The molecule has 5 heteroatoms. The van der Waals surface area contributed by atoms with Crippen LogP contribution in [0.4, 0.5) is 11.4 Å². The number of amides is 2. The number of anilines is 2. The van der Waals surface area contributed by atoms with Gasteiger partial charge in [-0.25, -0.2) is 0 Å². The van der Waals surface area contributed by atoms with E-state index in [1.165, 1.54) is 25.7 Å². The first-order valence-electron chi connectivity index (χ1n) is 11.6. The lowest BCUT2D eigenvalue weighted by Gasteiger charge is -2.12. The zero-order valence-electron chi connectivity index (χ0n) is 19.4. The van der Waals surface area contributed by atoms with E-state index < -0.39 is 0 Å². The Balaban J connectivity index is 1.55. The average molecular weight is 445 g/mol. The van der Waals surface area contributed by atoms with Crippen LogP contribution >= 0.6 is 0 Å². The van der Waals surface area contributed by atoms with Crippen molar-refractivity contribution in [2.75, 3.05) is 17.2 Å². The number of rotatable bonds is 11. The Morgan fingerprint density at radius 2 is 1.42 bits per heavy atom. The fraction of sp³-hybridized carbons (Fsp3) is 0.286. The summed E-state index contributed by atoms with van der Waals surface area (Å²) in [5, 5.41) is 5.82. The van der Waals surface area contributed by atoms with Gasteiger partial charge in [-0.3, -0.25) is 9.59 Å². The Bertz CT molecular complexity index is 1050. The molecule has 3 aromatic rings. The molecule has 3 aromatic carbocycles. The number of ether oxygens (including phenoxy) is 1. The van der Waals surface area contributed by atoms with Crippen molar-refractivity contribution in [2.45, 2.75) is 46.0 Å². The van der Waals surface area contributed by atoms with Crippen molar-refractivity contribution in [3.63, 3.8) is 0 Å². The minimum absolute atomic E-state index is 0.192. The van der Waals surface area contributed by atoms with E-state index >= 15 is 0 Å². The molecule has 0 radical (unpaired) electrons. The zero-order valence-corrected chi connectivity index (χ0v) is 19.4. The predicted octanol–water partition coefficient (Wildman–Crippen LogP) is 6.85. The summed E-state index contributed by atoms with van der Waals surface area (Å²) in [6, 6.07) is 21.6. The van der Waals surface area contributed by atoms with Crippen molar-refractivity contribution in [2.24, 2.45) is 0 Å². The number of benzene rings is 3. The van der Waals surface area contributed by atoms with Crippen LogP contribution in [0.3, 0.4) is 0 Å². The van der Waals surface area contributed by atoms with Crippen LogP contribution in [0.25, 0.3) is 0 Å². The van der Waals surface area contributed by atoms with Gasteiger partial charge in [0.1, 0.15) is 5.75 Å². The number of nitrogens with one attached hydrogen (secondary N) is 2. The summed E-state index contributed by atoms with van der Waals surface area (Å²) in [6.07, 6.45) is 5.97. The first-order chi connectivity index (χ1) is 16.1. The summed E-state index contributed by atoms with van der Waals surface area (Å²) in [5.41, 5.74) is 3.30. The van der Waals surface area contributed by atoms with Crippen molar-refractivity contribution in [1.29, 1.82) is 0 Å². The maximum absolute atomic E-state index is 12.7. The first-order valence-corrected chi connectivity index (χ1v) is 11.6. The van der Waals surface area contributed by atoms with Crippen molar-refractivity contribution >= 4 is 23.2 Å². The normalized spacial score (nSPS) is 10.5. The quantitative estimate of drug-likeness (QED) is 0.318. The van der Waals surface area contributed by atoms with Gasteiger partial charge in [0.25, 0.3) is 11.8 Å². The van der Waals surface area contributed by atoms with E-state index in [0.29, 0.717) is 29.1 Å². The highest BCUT2D eigenvalue weighted by Gasteiger charge is 2.11. The fourth-order valence-electron chi connectivity index (χ4n) is 3.42. The number of carbonyl (C=O) groups is 2. The third-order valence-electron chi connectivity index (χ3n) is 5.41. The molecular weight excluding hydrogens is 412 g/mol. The minimum Gasteiger partial charge on any atom is -0.494 e. The summed E-state index contributed by atoms with van der Waals surface area (Å²) in [5.74, 6) is 0.358. The molecule has 0 spiro atoms. The zero-order chi connectivity index (χ0) is 23.5. The van der Waals surface area contributed by atoms with Gasteiger partial charge < -0.3 is 15.4 Å². The van der Waals surface area contributed by atoms with Gasteiger partial charge in [-0.1, -0.05) is 56.9 Å². The van der Waals surface area contributed by atoms with Crippen molar-refractivity contribution < 1.29 is 14.3 Å². The molecule has 2 N–H and O–H groups in total. The predicted molar refractivity (Wildman–Crippen MR) is 134 cm³/mol. The Morgan fingerprint density at radius 3 is 2.15 bits per heavy atom. The molecule has 0 aliphatic heterocycles. The molecule has 0 aliphatic carbocycles. The van der Waals surface area contributed by atoms with E-state index in [-0.39, 0.29) is 11.8 Å². The Morgan fingerprint density at radius 1 is 0.758 bits per heavy atom. The highest BCUT2D eigenvalue weighted by atomic mass is 16.5. The van der Waals surface area contributed by atoms with Gasteiger partial charge in [0.15, 0.2) is 0 Å². The summed E-state index contributed by atoms with van der Waals surface area (Å²) in [4.78, 5) is 25.2. The monoisotopic (exact) mass is 444 g/mol. The van der Waals surface area contributed by atoms with Gasteiger partial charge in [0.2, 0.25) is 0 Å². The molecule has 0 aromatic heterocycles. The highest BCUT2D eigenvalue weighted by molar-refractivity contribution is 6.06. The lowest BCUT2D eigenvalue weighted by Crippen LogP contribution is -2.14. The number of hydrogen-bond donors (Lipinski definition) is 2. The second kappa shape index (κ2) is 12.4. The van der Waals surface area contributed by atoms with Crippen LogP contribution in [0.15, 0.2) is 72.8 Å². The van der Waals surface area contributed by atoms with Gasteiger partial charge in [-0.2, -0.15) is 0 Å². The van der Waals surface area contributed by atoms with E-state index in [1.807, 2.05) is 49.4 Å². The van der Waals surface area contributed by atoms with Crippen LogP contribution < -0.4 is 15.4 Å². The molecule has 172 valence electrons. The van der Waals surface area contributed by atoms with Crippen LogP contribution in [0, 0.1) is 6.92 Å². The summed E-state index contributed by atoms with van der Waals surface area (Å²) < 4.78 is 5.77. The molecule has 0 bridgehead atoms. The molecule has 0 unspecified atom stereocenters. The van der Waals surface area contributed by atoms with Gasteiger partial charge >= 0.3 is 0 Å². The van der Waals surface area contributed by atoms with Gasteiger partial charge in [0.05, 0.1) is 6.61 Å². The smallest absolute Gasteiger partial charge is 0.255 e. The van der Waals surface area contributed by atoms with Gasteiger partial charge in [-0.05, 0) is 67.4 Å².